The average Bonchev–Trinajstić information content (AvgIpc) is 2.94. The fourth-order valence-corrected chi connectivity index (χ4v) is 4.39. The molecule has 1 saturated carbocycles. The molecule has 1 aromatic rings. The van der Waals surface area contributed by atoms with Crippen LogP contribution in [0.15, 0.2) is 18.2 Å². The van der Waals surface area contributed by atoms with Crippen molar-refractivity contribution in [2.45, 2.75) is 65.5 Å². The molecule has 1 amide bonds. The minimum atomic E-state index is 0.234. The molecule has 1 atom stereocenters. The Morgan fingerprint density at radius 1 is 1.33 bits per heavy atom. The molecule has 1 spiro atoms. The van der Waals surface area contributed by atoms with E-state index in [0.717, 1.165) is 38.2 Å². The highest BCUT2D eigenvalue weighted by Crippen LogP contribution is 2.49. The number of carbonyl (C=O) groups is 1. The summed E-state index contributed by atoms with van der Waals surface area (Å²) in [6, 6.07) is 6.52. The zero-order valence-electron chi connectivity index (χ0n) is 15.3. The Labute approximate surface area is 146 Å². The fraction of sp³-hybridized carbons (Fsp3) is 0.700. The van der Waals surface area contributed by atoms with E-state index in [9.17, 15) is 4.79 Å². The molecule has 4 nitrogen and oxygen atoms in total. The number of carbonyl (C=O) groups excluding carboxylic acids is 1. The van der Waals surface area contributed by atoms with Crippen LogP contribution in [-0.4, -0.2) is 34.9 Å². The molecule has 0 radical (unpaired) electrons. The highest BCUT2D eigenvalue weighted by Gasteiger charge is 2.43. The van der Waals surface area contributed by atoms with E-state index in [1.807, 2.05) is 13.8 Å². The van der Waals surface area contributed by atoms with Gasteiger partial charge in [-0.05, 0) is 83.5 Å². The van der Waals surface area contributed by atoms with Crippen molar-refractivity contribution in [3.8, 4) is 0 Å². The SMILES string of the molecule is Cc1cccc(CN2CCC3(CC[C@@H](C(=O)NC(C)C)C3)CC2)n1. The minimum Gasteiger partial charge on any atom is -0.354 e. The van der Waals surface area contributed by atoms with Crippen molar-refractivity contribution in [2.24, 2.45) is 11.3 Å². The van der Waals surface area contributed by atoms with E-state index in [1.165, 1.54) is 25.0 Å². The summed E-state index contributed by atoms with van der Waals surface area (Å²) in [5.74, 6) is 0.505. The lowest BCUT2D eigenvalue weighted by molar-refractivity contribution is -0.125. The lowest BCUT2D eigenvalue weighted by Crippen LogP contribution is -2.40. The molecule has 0 unspecified atom stereocenters. The second-order valence-electron chi connectivity index (χ2n) is 8.15. The van der Waals surface area contributed by atoms with Gasteiger partial charge in [0.2, 0.25) is 5.91 Å². The summed E-state index contributed by atoms with van der Waals surface area (Å²) in [4.78, 5) is 19.4. The number of nitrogens with one attached hydrogen (secondary N) is 1. The van der Waals surface area contributed by atoms with Crippen LogP contribution in [0.25, 0.3) is 0 Å². The van der Waals surface area contributed by atoms with E-state index in [-0.39, 0.29) is 17.9 Å². The first-order chi connectivity index (χ1) is 11.5. The van der Waals surface area contributed by atoms with Gasteiger partial charge in [-0.2, -0.15) is 0 Å². The number of piperidine rings is 1. The van der Waals surface area contributed by atoms with Gasteiger partial charge < -0.3 is 5.32 Å². The molecule has 1 saturated heterocycles. The molecule has 2 heterocycles. The number of hydrogen-bond donors (Lipinski definition) is 1. The number of amides is 1. The Hall–Kier alpha value is -1.42. The highest BCUT2D eigenvalue weighted by molar-refractivity contribution is 5.79. The first kappa shape index (κ1) is 17.4. The molecule has 24 heavy (non-hydrogen) atoms. The topological polar surface area (TPSA) is 45.2 Å². The van der Waals surface area contributed by atoms with E-state index >= 15 is 0 Å². The Morgan fingerprint density at radius 3 is 2.75 bits per heavy atom. The maximum Gasteiger partial charge on any atom is 0.223 e. The zero-order valence-corrected chi connectivity index (χ0v) is 15.3. The molecule has 4 heteroatoms. The van der Waals surface area contributed by atoms with Crippen LogP contribution in [0.5, 0.6) is 0 Å². The third-order valence-corrected chi connectivity index (χ3v) is 5.75. The van der Waals surface area contributed by atoms with Crippen LogP contribution in [0.1, 0.15) is 57.3 Å². The number of aryl methyl sites for hydroxylation is 1. The van der Waals surface area contributed by atoms with Crippen LogP contribution in [0, 0.1) is 18.3 Å². The monoisotopic (exact) mass is 329 g/mol. The molecule has 1 N–H and O–H groups in total. The maximum absolute atomic E-state index is 12.3. The van der Waals surface area contributed by atoms with Crippen LogP contribution in [0.2, 0.25) is 0 Å². The van der Waals surface area contributed by atoms with Crippen LogP contribution in [0.3, 0.4) is 0 Å². The minimum absolute atomic E-state index is 0.234. The number of rotatable bonds is 4. The van der Waals surface area contributed by atoms with Crippen LogP contribution in [0.4, 0.5) is 0 Å². The normalized spacial score (nSPS) is 23.8. The number of nitrogens with zero attached hydrogens (tertiary/aromatic N) is 2. The van der Waals surface area contributed by atoms with Gasteiger partial charge >= 0.3 is 0 Å². The van der Waals surface area contributed by atoms with Gasteiger partial charge in [-0.3, -0.25) is 14.7 Å². The van der Waals surface area contributed by atoms with Crippen LogP contribution < -0.4 is 5.32 Å². The van der Waals surface area contributed by atoms with E-state index in [0.29, 0.717) is 5.41 Å². The Morgan fingerprint density at radius 2 is 2.08 bits per heavy atom. The average molecular weight is 329 g/mol. The highest BCUT2D eigenvalue weighted by atomic mass is 16.1. The molecule has 132 valence electrons. The quantitative estimate of drug-likeness (QED) is 0.922. The van der Waals surface area contributed by atoms with Crippen LogP contribution >= 0.6 is 0 Å². The number of pyridine rings is 1. The lowest BCUT2D eigenvalue weighted by Gasteiger charge is -2.39. The Bertz CT molecular complexity index is 576. The van der Waals surface area contributed by atoms with Gasteiger partial charge in [0.25, 0.3) is 0 Å². The van der Waals surface area contributed by atoms with Crippen molar-refractivity contribution in [3.63, 3.8) is 0 Å². The van der Waals surface area contributed by atoms with Crippen molar-refractivity contribution in [3.05, 3.63) is 29.6 Å². The van der Waals surface area contributed by atoms with E-state index in [4.69, 9.17) is 0 Å². The van der Waals surface area contributed by atoms with Gasteiger partial charge in [-0.1, -0.05) is 6.07 Å². The van der Waals surface area contributed by atoms with Crippen molar-refractivity contribution >= 4 is 5.91 Å². The summed E-state index contributed by atoms with van der Waals surface area (Å²) in [7, 11) is 0. The maximum atomic E-state index is 12.3. The Balaban J connectivity index is 1.51. The van der Waals surface area contributed by atoms with Crippen molar-refractivity contribution in [2.75, 3.05) is 13.1 Å². The second kappa shape index (κ2) is 7.22. The second-order valence-corrected chi connectivity index (χ2v) is 8.15. The summed E-state index contributed by atoms with van der Waals surface area (Å²) >= 11 is 0. The van der Waals surface area contributed by atoms with Gasteiger partial charge in [-0.15, -0.1) is 0 Å². The summed E-state index contributed by atoms with van der Waals surface area (Å²) in [5, 5.41) is 3.10. The molecule has 0 bridgehead atoms. The molecule has 1 aliphatic carbocycles. The predicted molar refractivity (Wildman–Crippen MR) is 96.5 cm³/mol. The first-order valence-electron chi connectivity index (χ1n) is 9.41. The molecule has 1 aliphatic heterocycles. The first-order valence-corrected chi connectivity index (χ1v) is 9.41. The number of hydrogen-bond acceptors (Lipinski definition) is 3. The summed E-state index contributed by atoms with van der Waals surface area (Å²) in [6.07, 6.45) is 5.83. The summed E-state index contributed by atoms with van der Waals surface area (Å²) in [6.45, 7) is 9.35. The zero-order chi connectivity index (χ0) is 17.2. The van der Waals surface area contributed by atoms with Gasteiger partial charge in [0.05, 0.1) is 5.69 Å². The molecule has 3 rings (SSSR count). The van der Waals surface area contributed by atoms with Crippen molar-refractivity contribution in [1.29, 1.82) is 0 Å². The molecule has 1 aromatic heterocycles. The van der Waals surface area contributed by atoms with Crippen molar-refractivity contribution < 1.29 is 4.79 Å². The molecular weight excluding hydrogens is 298 g/mol. The van der Waals surface area contributed by atoms with E-state index < -0.39 is 0 Å². The standard InChI is InChI=1S/C20H31N3O/c1-15(2)21-19(24)17-7-8-20(13-17)9-11-23(12-10-20)14-18-6-4-5-16(3)22-18/h4-6,15,17H,7-14H2,1-3H3,(H,21,24)/t17-/m1/s1. The van der Waals surface area contributed by atoms with Gasteiger partial charge in [0, 0.05) is 24.2 Å². The number of likely N-dealkylation sites (tertiary alicyclic amines) is 1. The molecule has 2 aliphatic rings. The Kier molecular flexibility index (Phi) is 5.24. The third-order valence-electron chi connectivity index (χ3n) is 5.75. The van der Waals surface area contributed by atoms with Crippen LogP contribution in [-0.2, 0) is 11.3 Å². The van der Waals surface area contributed by atoms with Gasteiger partial charge in [0.1, 0.15) is 0 Å². The largest absolute Gasteiger partial charge is 0.354 e. The van der Waals surface area contributed by atoms with E-state index in [2.05, 4.69) is 40.3 Å². The van der Waals surface area contributed by atoms with Crippen molar-refractivity contribution in [1.82, 2.24) is 15.2 Å². The smallest absolute Gasteiger partial charge is 0.223 e. The fourth-order valence-electron chi connectivity index (χ4n) is 4.39. The van der Waals surface area contributed by atoms with Gasteiger partial charge in [-0.25, -0.2) is 0 Å². The molecule has 0 aromatic carbocycles. The molecule has 2 fully saturated rings. The lowest BCUT2D eigenvalue weighted by atomic mass is 9.76. The summed E-state index contributed by atoms with van der Waals surface area (Å²) < 4.78 is 0. The molecular formula is C20H31N3O. The predicted octanol–water partition coefficient (Wildman–Crippen LogP) is 3.30. The van der Waals surface area contributed by atoms with E-state index in [1.54, 1.807) is 0 Å². The summed E-state index contributed by atoms with van der Waals surface area (Å²) in [5.41, 5.74) is 2.68. The van der Waals surface area contributed by atoms with Gasteiger partial charge in [0.15, 0.2) is 0 Å². The number of aromatic nitrogens is 1. The third kappa shape index (κ3) is 4.15.